The summed E-state index contributed by atoms with van der Waals surface area (Å²) in [5, 5.41) is 4.40. The van der Waals surface area contributed by atoms with Crippen molar-refractivity contribution >= 4 is 11.8 Å². The van der Waals surface area contributed by atoms with Crippen LogP contribution in [0, 0.1) is 0 Å². The van der Waals surface area contributed by atoms with Crippen LogP contribution in [0.15, 0.2) is 30.3 Å². The minimum atomic E-state index is 0.684. The molecule has 2 nitrogen and oxygen atoms in total. The molecule has 0 spiro atoms. The van der Waals surface area contributed by atoms with Crippen LogP contribution in [0.2, 0.25) is 0 Å². The average molecular weight is 264 g/mol. The average Bonchev–Trinajstić information content (AvgIpc) is 2.85. The van der Waals surface area contributed by atoms with E-state index in [0.29, 0.717) is 11.3 Å². The van der Waals surface area contributed by atoms with Crippen LogP contribution in [-0.4, -0.2) is 42.1 Å². The van der Waals surface area contributed by atoms with Crippen molar-refractivity contribution in [2.45, 2.75) is 31.2 Å². The van der Waals surface area contributed by atoms with Gasteiger partial charge in [0.2, 0.25) is 0 Å². The predicted octanol–water partition coefficient (Wildman–Crippen LogP) is 2.60. The first-order chi connectivity index (χ1) is 8.78. The Labute approximate surface area is 115 Å². The summed E-state index contributed by atoms with van der Waals surface area (Å²) < 4.78 is 0. The Morgan fingerprint density at radius 3 is 2.89 bits per heavy atom. The van der Waals surface area contributed by atoms with E-state index in [1.54, 1.807) is 0 Å². The van der Waals surface area contributed by atoms with Gasteiger partial charge in [0.25, 0.3) is 0 Å². The molecule has 1 fully saturated rings. The van der Waals surface area contributed by atoms with E-state index < -0.39 is 0 Å². The van der Waals surface area contributed by atoms with Crippen molar-refractivity contribution in [3.05, 3.63) is 35.9 Å². The van der Waals surface area contributed by atoms with Crippen molar-refractivity contribution in [2.24, 2.45) is 0 Å². The zero-order valence-electron chi connectivity index (χ0n) is 11.4. The maximum atomic E-state index is 3.69. The summed E-state index contributed by atoms with van der Waals surface area (Å²) in [5.41, 5.74) is 1.43. The molecule has 1 aromatic rings. The molecule has 1 N–H and O–H groups in total. The van der Waals surface area contributed by atoms with Gasteiger partial charge in [0.1, 0.15) is 0 Å². The molecule has 0 saturated carbocycles. The fourth-order valence-corrected chi connectivity index (χ4v) is 2.66. The summed E-state index contributed by atoms with van der Waals surface area (Å²) in [5.74, 6) is 0. The van der Waals surface area contributed by atoms with Gasteiger partial charge in [0.15, 0.2) is 0 Å². The third-order valence-electron chi connectivity index (χ3n) is 3.62. The highest BCUT2D eigenvalue weighted by Crippen LogP contribution is 2.14. The molecule has 1 heterocycles. The highest BCUT2D eigenvalue weighted by molar-refractivity contribution is 7.99. The summed E-state index contributed by atoms with van der Waals surface area (Å²) >= 11 is 1.94. The molecule has 2 atom stereocenters. The maximum Gasteiger partial charge on any atom is 0.0234 e. The minimum Gasteiger partial charge on any atom is -0.312 e. The lowest BCUT2D eigenvalue weighted by Gasteiger charge is -2.18. The monoisotopic (exact) mass is 264 g/mol. The van der Waals surface area contributed by atoms with Crippen molar-refractivity contribution in [1.82, 2.24) is 10.2 Å². The van der Waals surface area contributed by atoms with Crippen molar-refractivity contribution in [2.75, 3.05) is 25.9 Å². The SMILES string of the molecule is CSC(C)CNC1CCN(Cc2ccccc2)C1. The van der Waals surface area contributed by atoms with Gasteiger partial charge in [-0.1, -0.05) is 37.3 Å². The fourth-order valence-electron chi connectivity index (χ4n) is 2.40. The molecular weight excluding hydrogens is 240 g/mol. The van der Waals surface area contributed by atoms with Gasteiger partial charge in [0, 0.05) is 37.5 Å². The van der Waals surface area contributed by atoms with Gasteiger partial charge in [-0.25, -0.2) is 0 Å². The molecular formula is C15H24N2S. The lowest BCUT2D eigenvalue weighted by molar-refractivity contribution is 0.320. The Balaban J connectivity index is 1.72. The predicted molar refractivity (Wildman–Crippen MR) is 81.1 cm³/mol. The largest absolute Gasteiger partial charge is 0.312 e. The smallest absolute Gasteiger partial charge is 0.0234 e. The Morgan fingerprint density at radius 2 is 2.17 bits per heavy atom. The van der Waals surface area contributed by atoms with Crippen LogP contribution < -0.4 is 5.32 Å². The van der Waals surface area contributed by atoms with Crippen LogP contribution >= 0.6 is 11.8 Å². The molecule has 0 radical (unpaired) electrons. The molecule has 100 valence electrons. The van der Waals surface area contributed by atoms with E-state index in [1.807, 2.05) is 11.8 Å². The Kier molecular flexibility index (Phi) is 5.54. The highest BCUT2D eigenvalue weighted by Gasteiger charge is 2.22. The lowest BCUT2D eigenvalue weighted by atomic mass is 10.2. The van der Waals surface area contributed by atoms with E-state index in [-0.39, 0.29) is 0 Å². The first-order valence-electron chi connectivity index (χ1n) is 6.80. The van der Waals surface area contributed by atoms with E-state index in [2.05, 4.69) is 53.7 Å². The lowest BCUT2D eigenvalue weighted by Crippen LogP contribution is -2.35. The molecule has 0 aromatic heterocycles. The summed E-state index contributed by atoms with van der Waals surface area (Å²) in [6.07, 6.45) is 3.47. The van der Waals surface area contributed by atoms with Crippen molar-refractivity contribution in [3.63, 3.8) is 0 Å². The number of rotatable bonds is 6. The van der Waals surface area contributed by atoms with E-state index >= 15 is 0 Å². The van der Waals surface area contributed by atoms with Gasteiger partial charge in [-0.3, -0.25) is 4.90 Å². The Hall–Kier alpha value is -0.510. The molecule has 0 amide bonds. The molecule has 0 bridgehead atoms. The van der Waals surface area contributed by atoms with Gasteiger partial charge < -0.3 is 5.32 Å². The van der Waals surface area contributed by atoms with Gasteiger partial charge in [-0.2, -0.15) is 11.8 Å². The number of thioether (sulfide) groups is 1. The van der Waals surface area contributed by atoms with E-state index in [0.717, 1.165) is 13.1 Å². The maximum absolute atomic E-state index is 3.69. The third-order valence-corrected chi connectivity index (χ3v) is 4.59. The van der Waals surface area contributed by atoms with E-state index in [9.17, 15) is 0 Å². The molecule has 3 heteroatoms. The number of nitrogens with one attached hydrogen (secondary N) is 1. The number of likely N-dealkylation sites (tertiary alicyclic amines) is 1. The number of nitrogens with zero attached hydrogens (tertiary/aromatic N) is 1. The second-order valence-electron chi connectivity index (χ2n) is 5.16. The second kappa shape index (κ2) is 7.17. The molecule has 1 aliphatic rings. The van der Waals surface area contributed by atoms with Crippen LogP contribution in [0.25, 0.3) is 0 Å². The highest BCUT2D eigenvalue weighted by atomic mass is 32.2. The van der Waals surface area contributed by atoms with Crippen LogP contribution in [0.5, 0.6) is 0 Å². The summed E-state index contributed by atoms with van der Waals surface area (Å²) in [7, 11) is 0. The molecule has 1 saturated heterocycles. The Morgan fingerprint density at radius 1 is 1.39 bits per heavy atom. The van der Waals surface area contributed by atoms with Crippen molar-refractivity contribution in [1.29, 1.82) is 0 Å². The summed E-state index contributed by atoms with van der Waals surface area (Å²) in [4.78, 5) is 2.55. The van der Waals surface area contributed by atoms with Gasteiger partial charge in [0.05, 0.1) is 0 Å². The zero-order chi connectivity index (χ0) is 12.8. The third kappa shape index (κ3) is 4.30. The van der Waals surface area contributed by atoms with Gasteiger partial charge >= 0.3 is 0 Å². The van der Waals surface area contributed by atoms with E-state index in [1.165, 1.54) is 25.1 Å². The normalized spacial score (nSPS) is 22.2. The molecule has 1 aromatic carbocycles. The Bertz CT molecular complexity index is 342. The van der Waals surface area contributed by atoms with Crippen LogP contribution in [0.4, 0.5) is 0 Å². The second-order valence-corrected chi connectivity index (χ2v) is 6.44. The molecule has 0 aliphatic carbocycles. The van der Waals surface area contributed by atoms with E-state index in [4.69, 9.17) is 0 Å². The van der Waals surface area contributed by atoms with Gasteiger partial charge in [-0.05, 0) is 18.2 Å². The molecule has 2 rings (SSSR count). The molecule has 18 heavy (non-hydrogen) atoms. The minimum absolute atomic E-state index is 0.684. The number of benzene rings is 1. The summed E-state index contributed by atoms with van der Waals surface area (Å²) in [6, 6.07) is 11.5. The molecule has 2 unspecified atom stereocenters. The van der Waals surface area contributed by atoms with Crippen LogP contribution in [0.3, 0.4) is 0 Å². The number of hydrogen-bond donors (Lipinski definition) is 1. The fraction of sp³-hybridized carbons (Fsp3) is 0.600. The molecule has 1 aliphatic heterocycles. The number of hydrogen-bond acceptors (Lipinski definition) is 3. The van der Waals surface area contributed by atoms with Crippen LogP contribution in [0.1, 0.15) is 18.9 Å². The zero-order valence-corrected chi connectivity index (χ0v) is 12.2. The standard InChI is InChI=1S/C15H24N2S/c1-13(18-2)10-16-15-8-9-17(12-15)11-14-6-4-3-5-7-14/h3-7,13,15-16H,8-12H2,1-2H3. The van der Waals surface area contributed by atoms with Gasteiger partial charge in [-0.15, -0.1) is 0 Å². The first-order valence-corrected chi connectivity index (χ1v) is 8.09. The van der Waals surface area contributed by atoms with Crippen LogP contribution in [-0.2, 0) is 6.54 Å². The topological polar surface area (TPSA) is 15.3 Å². The van der Waals surface area contributed by atoms with Crippen molar-refractivity contribution < 1.29 is 0 Å². The van der Waals surface area contributed by atoms with Crippen molar-refractivity contribution in [3.8, 4) is 0 Å². The quantitative estimate of drug-likeness (QED) is 0.850. The summed E-state index contributed by atoms with van der Waals surface area (Å²) in [6.45, 7) is 6.92. The first kappa shape index (κ1) is 13.9.